The Morgan fingerprint density at radius 3 is 1.12 bits per heavy atom. The van der Waals surface area contributed by atoms with E-state index in [1.165, 1.54) is 0 Å². The predicted molar refractivity (Wildman–Crippen MR) is 23.7 cm³/mol. The summed E-state index contributed by atoms with van der Waals surface area (Å²) in [4.78, 5) is 0. The molecule has 0 saturated carbocycles. The Balaban J connectivity index is 0. The van der Waals surface area contributed by atoms with E-state index in [1.807, 2.05) is 0 Å². The Labute approximate surface area is 59.2 Å². The second-order valence-corrected chi connectivity index (χ2v) is 0.842. The van der Waals surface area contributed by atoms with Gasteiger partial charge in [0.05, 0.1) is 0 Å². The SMILES string of the molecule is OB(O)[N-]B(O)O.[Li+]. The Morgan fingerprint density at radius 2 is 1.12 bits per heavy atom. The molecule has 0 saturated heterocycles. The predicted octanol–water partition coefficient (Wildman–Crippen LogP) is -5.70. The molecule has 0 rings (SSSR count). The average Bonchev–Trinajstić information content (AvgIpc) is 1.27. The number of hydrogen-bond donors (Lipinski definition) is 4. The summed E-state index contributed by atoms with van der Waals surface area (Å²) >= 11 is 0. The smallest absolute Gasteiger partial charge is 0.606 e. The van der Waals surface area contributed by atoms with E-state index in [4.69, 9.17) is 20.1 Å². The molecular weight excluding hydrogens is 107 g/mol. The summed E-state index contributed by atoms with van der Waals surface area (Å²) in [7, 11) is -4.00. The van der Waals surface area contributed by atoms with Gasteiger partial charge in [0.15, 0.2) is 0 Å². The Morgan fingerprint density at radius 1 is 0.875 bits per heavy atom. The van der Waals surface area contributed by atoms with Crippen LogP contribution in [-0.2, 0) is 0 Å². The van der Waals surface area contributed by atoms with Gasteiger partial charge in [0, 0.05) is 0 Å². The molecular formula is H4B2LiNO4. The van der Waals surface area contributed by atoms with E-state index in [2.05, 4.69) is 5.14 Å². The van der Waals surface area contributed by atoms with Crippen LogP contribution in [0.4, 0.5) is 0 Å². The van der Waals surface area contributed by atoms with E-state index in [9.17, 15) is 0 Å². The zero-order chi connectivity index (χ0) is 5.86. The van der Waals surface area contributed by atoms with Crippen molar-refractivity contribution in [1.29, 1.82) is 0 Å². The van der Waals surface area contributed by atoms with Gasteiger partial charge in [-0.05, 0) is 0 Å². The third kappa shape index (κ3) is 9.73. The number of hydrogen-bond acceptors (Lipinski definition) is 4. The van der Waals surface area contributed by atoms with Crippen LogP contribution in [0.3, 0.4) is 0 Å². The molecule has 8 heavy (non-hydrogen) atoms. The van der Waals surface area contributed by atoms with Crippen molar-refractivity contribution < 1.29 is 39.0 Å². The molecule has 5 nitrogen and oxygen atoms in total. The van der Waals surface area contributed by atoms with Crippen LogP contribution in [0.25, 0.3) is 5.14 Å². The van der Waals surface area contributed by atoms with E-state index in [1.54, 1.807) is 0 Å². The summed E-state index contributed by atoms with van der Waals surface area (Å²) in [5.74, 6) is 0. The third-order valence-electron chi connectivity index (χ3n) is 0.267. The Bertz CT molecular complexity index is 43.3. The van der Waals surface area contributed by atoms with E-state index < -0.39 is 14.5 Å². The van der Waals surface area contributed by atoms with Gasteiger partial charge in [0.2, 0.25) is 0 Å². The molecule has 40 valence electrons. The Kier molecular flexibility index (Phi) is 8.02. The maximum absolute atomic E-state index is 7.79. The van der Waals surface area contributed by atoms with Gasteiger partial charge in [0.1, 0.15) is 0 Å². The van der Waals surface area contributed by atoms with Crippen molar-refractivity contribution in [2.45, 2.75) is 0 Å². The molecule has 0 heterocycles. The van der Waals surface area contributed by atoms with Crippen LogP contribution in [0, 0.1) is 0 Å². The molecule has 0 unspecified atom stereocenters. The average molecular weight is 111 g/mol. The van der Waals surface area contributed by atoms with Crippen molar-refractivity contribution in [3.05, 3.63) is 5.14 Å². The first-order valence-electron chi connectivity index (χ1n) is 1.55. The molecule has 0 aromatic rings. The summed E-state index contributed by atoms with van der Waals surface area (Å²) in [5.41, 5.74) is 0. The molecule has 0 aromatic heterocycles. The molecule has 0 aliphatic heterocycles. The number of rotatable bonds is 2. The van der Waals surface area contributed by atoms with Crippen molar-refractivity contribution in [1.82, 2.24) is 0 Å². The van der Waals surface area contributed by atoms with Crippen LogP contribution in [-0.4, -0.2) is 34.6 Å². The summed E-state index contributed by atoms with van der Waals surface area (Å²) in [6, 6.07) is 0. The topological polar surface area (TPSA) is 95.0 Å². The monoisotopic (exact) mass is 111 g/mol. The van der Waals surface area contributed by atoms with Crippen molar-refractivity contribution in [2.75, 3.05) is 0 Å². The molecule has 0 amide bonds. The summed E-state index contributed by atoms with van der Waals surface area (Å²) in [6.45, 7) is 0. The molecule has 0 aliphatic carbocycles. The number of nitrogens with zero attached hydrogens (tertiary/aromatic N) is 1. The van der Waals surface area contributed by atoms with Crippen molar-refractivity contribution >= 4 is 14.5 Å². The quantitative estimate of drug-likeness (QED) is 0.267. The maximum Gasteiger partial charge on any atom is 1.00 e. The van der Waals surface area contributed by atoms with Gasteiger partial charge in [-0.3, -0.25) is 0 Å². The normalized spacial score (nSPS) is 7.50. The second-order valence-electron chi connectivity index (χ2n) is 0.842. The van der Waals surface area contributed by atoms with E-state index >= 15 is 0 Å². The minimum atomic E-state index is -2.00. The molecule has 0 atom stereocenters. The van der Waals surface area contributed by atoms with Crippen molar-refractivity contribution in [3.63, 3.8) is 0 Å². The van der Waals surface area contributed by atoms with Gasteiger partial charge < -0.3 is 25.2 Å². The van der Waals surface area contributed by atoms with E-state index in [0.717, 1.165) is 0 Å². The van der Waals surface area contributed by atoms with Gasteiger partial charge >= 0.3 is 33.4 Å². The van der Waals surface area contributed by atoms with Gasteiger partial charge in [0.25, 0.3) is 0 Å². The van der Waals surface area contributed by atoms with E-state index in [-0.39, 0.29) is 18.9 Å². The molecule has 0 aromatic carbocycles. The minimum absolute atomic E-state index is 0. The molecule has 0 radical (unpaired) electrons. The fourth-order valence-electron chi connectivity index (χ4n) is 0.119. The summed E-state index contributed by atoms with van der Waals surface area (Å²) in [6.07, 6.45) is 0. The zero-order valence-corrected chi connectivity index (χ0v) is 4.39. The fourth-order valence-corrected chi connectivity index (χ4v) is 0.119. The van der Waals surface area contributed by atoms with Crippen LogP contribution in [0.2, 0.25) is 0 Å². The largest absolute Gasteiger partial charge is 1.00 e. The Hall–Kier alpha value is 0.527. The zero-order valence-electron chi connectivity index (χ0n) is 4.39. The van der Waals surface area contributed by atoms with Crippen LogP contribution in [0.5, 0.6) is 0 Å². The summed E-state index contributed by atoms with van der Waals surface area (Å²) in [5, 5.41) is 33.7. The van der Waals surface area contributed by atoms with Gasteiger partial charge in [-0.2, -0.15) is 0 Å². The van der Waals surface area contributed by atoms with Crippen molar-refractivity contribution in [3.8, 4) is 0 Å². The molecule has 4 N–H and O–H groups in total. The first kappa shape index (κ1) is 11.3. The van der Waals surface area contributed by atoms with Gasteiger partial charge in [-0.1, -0.05) is 0 Å². The fraction of sp³-hybridized carbons (Fsp3) is 0. The second kappa shape index (κ2) is 5.66. The van der Waals surface area contributed by atoms with Crippen LogP contribution >= 0.6 is 0 Å². The summed E-state index contributed by atoms with van der Waals surface area (Å²) < 4.78 is 0. The van der Waals surface area contributed by atoms with Crippen LogP contribution < -0.4 is 18.9 Å². The van der Waals surface area contributed by atoms with E-state index in [0.29, 0.717) is 0 Å². The first-order valence-corrected chi connectivity index (χ1v) is 1.55. The van der Waals surface area contributed by atoms with Crippen LogP contribution in [0.15, 0.2) is 0 Å². The molecule has 0 aliphatic rings. The molecule has 0 fully saturated rings. The molecule has 0 bridgehead atoms. The van der Waals surface area contributed by atoms with Gasteiger partial charge in [-0.25, -0.2) is 0 Å². The standard InChI is InChI=1S/B2H4NO4.Li/c4-1(5)3-2(6)7;/h4-7H;/q-1;+1. The molecule has 0 spiro atoms. The molecule has 8 heteroatoms. The minimum Gasteiger partial charge on any atom is -0.606 e. The van der Waals surface area contributed by atoms with Gasteiger partial charge in [-0.15, -0.1) is 0 Å². The van der Waals surface area contributed by atoms with Crippen molar-refractivity contribution in [2.24, 2.45) is 0 Å². The third-order valence-corrected chi connectivity index (χ3v) is 0.267. The van der Waals surface area contributed by atoms with Crippen LogP contribution in [0.1, 0.15) is 0 Å². The maximum atomic E-state index is 7.79. The first-order chi connectivity index (χ1) is 3.13.